The first kappa shape index (κ1) is 10.3. The number of hydrogen-bond acceptors (Lipinski definition) is 4. The minimum Gasteiger partial charge on any atom is -0.481 e. The second-order valence-electron chi connectivity index (χ2n) is 3.37. The first-order valence-electron chi connectivity index (χ1n) is 4.68. The van der Waals surface area contributed by atoms with Crippen molar-refractivity contribution in [2.75, 3.05) is 0 Å². The van der Waals surface area contributed by atoms with Crippen LogP contribution >= 0.6 is 0 Å². The van der Waals surface area contributed by atoms with Crippen molar-refractivity contribution < 1.29 is 14.7 Å². The fraction of sp³-hybridized carbons (Fsp3) is 0.200. The third-order valence-corrected chi connectivity index (χ3v) is 2.31. The molecule has 0 fully saturated rings. The molecule has 6 heteroatoms. The summed E-state index contributed by atoms with van der Waals surface area (Å²) in [7, 11) is 0. The van der Waals surface area contributed by atoms with Gasteiger partial charge in [0.2, 0.25) is 0 Å². The van der Waals surface area contributed by atoms with Crippen LogP contribution < -0.4 is 5.43 Å². The zero-order valence-electron chi connectivity index (χ0n) is 8.25. The van der Waals surface area contributed by atoms with E-state index in [1.165, 1.54) is 0 Å². The number of nitrogens with zero attached hydrogens (tertiary/aromatic N) is 2. The topological polar surface area (TPSA) is 91.7 Å². The third-order valence-electron chi connectivity index (χ3n) is 2.31. The van der Waals surface area contributed by atoms with Crippen LogP contribution in [0.1, 0.15) is 12.0 Å². The summed E-state index contributed by atoms with van der Waals surface area (Å²) < 4.78 is 0. The van der Waals surface area contributed by atoms with E-state index in [1.54, 1.807) is 24.5 Å². The number of hydrogen-bond donors (Lipinski definition) is 2. The van der Waals surface area contributed by atoms with E-state index in [0.29, 0.717) is 11.3 Å². The predicted molar refractivity (Wildman–Crippen MR) is 54.7 cm³/mol. The molecule has 1 unspecified atom stereocenters. The lowest BCUT2D eigenvalue weighted by Gasteiger charge is -2.17. The SMILES string of the molecule is O=C(O)C1CC(c2cccnc2)=NNC1=O. The normalized spacial score (nSPS) is 19.9. The van der Waals surface area contributed by atoms with Crippen LogP contribution in [0.4, 0.5) is 0 Å². The number of carbonyl (C=O) groups excluding carboxylic acids is 1. The van der Waals surface area contributed by atoms with Crippen LogP contribution in [0.15, 0.2) is 29.6 Å². The van der Waals surface area contributed by atoms with Crippen molar-refractivity contribution in [3.63, 3.8) is 0 Å². The van der Waals surface area contributed by atoms with Crippen molar-refractivity contribution >= 4 is 17.6 Å². The van der Waals surface area contributed by atoms with E-state index in [2.05, 4.69) is 15.5 Å². The molecule has 1 aromatic rings. The Labute approximate surface area is 91.0 Å². The molecule has 0 saturated carbocycles. The van der Waals surface area contributed by atoms with Gasteiger partial charge in [0.05, 0.1) is 5.71 Å². The second kappa shape index (κ2) is 4.09. The summed E-state index contributed by atoms with van der Waals surface area (Å²) in [6.45, 7) is 0. The number of carboxylic acid groups (broad SMARTS) is 1. The Morgan fingerprint density at radius 2 is 2.38 bits per heavy atom. The van der Waals surface area contributed by atoms with Crippen molar-refractivity contribution in [2.45, 2.75) is 6.42 Å². The van der Waals surface area contributed by atoms with Gasteiger partial charge in [-0.05, 0) is 6.07 Å². The van der Waals surface area contributed by atoms with Crippen LogP contribution in [0.5, 0.6) is 0 Å². The summed E-state index contributed by atoms with van der Waals surface area (Å²) >= 11 is 0. The number of carboxylic acids is 1. The number of nitrogens with one attached hydrogen (secondary N) is 1. The van der Waals surface area contributed by atoms with E-state index in [1.807, 2.05) is 0 Å². The Bertz CT molecular complexity index is 456. The first-order valence-corrected chi connectivity index (χ1v) is 4.68. The van der Waals surface area contributed by atoms with E-state index in [9.17, 15) is 9.59 Å². The van der Waals surface area contributed by atoms with Gasteiger partial charge in [0.25, 0.3) is 5.91 Å². The fourth-order valence-electron chi connectivity index (χ4n) is 1.45. The van der Waals surface area contributed by atoms with E-state index >= 15 is 0 Å². The highest BCUT2D eigenvalue weighted by molar-refractivity contribution is 6.09. The molecule has 1 aromatic heterocycles. The maximum Gasteiger partial charge on any atom is 0.316 e. The summed E-state index contributed by atoms with van der Waals surface area (Å²) in [5.74, 6) is -2.80. The molecule has 0 aliphatic carbocycles. The van der Waals surface area contributed by atoms with Gasteiger partial charge in [0.1, 0.15) is 5.92 Å². The van der Waals surface area contributed by atoms with E-state index in [0.717, 1.165) is 0 Å². The quantitative estimate of drug-likeness (QED) is 0.685. The van der Waals surface area contributed by atoms with Crippen molar-refractivity contribution in [1.82, 2.24) is 10.4 Å². The Morgan fingerprint density at radius 3 is 3.00 bits per heavy atom. The number of aromatic nitrogens is 1. The largest absolute Gasteiger partial charge is 0.481 e. The Morgan fingerprint density at radius 1 is 1.56 bits per heavy atom. The van der Waals surface area contributed by atoms with Gasteiger partial charge in [-0.15, -0.1) is 0 Å². The van der Waals surface area contributed by atoms with Crippen molar-refractivity contribution in [3.05, 3.63) is 30.1 Å². The van der Waals surface area contributed by atoms with E-state index < -0.39 is 17.8 Å². The summed E-state index contributed by atoms with van der Waals surface area (Å²) in [4.78, 5) is 25.9. The van der Waals surface area contributed by atoms with Crippen molar-refractivity contribution in [2.24, 2.45) is 11.0 Å². The van der Waals surface area contributed by atoms with E-state index in [-0.39, 0.29) is 6.42 Å². The van der Waals surface area contributed by atoms with Gasteiger partial charge in [-0.3, -0.25) is 14.6 Å². The molecule has 1 atom stereocenters. The molecule has 1 aliphatic heterocycles. The lowest BCUT2D eigenvalue weighted by molar-refractivity contribution is -0.146. The minimum atomic E-state index is -1.14. The van der Waals surface area contributed by atoms with Crippen LogP contribution in [0, 0.1) is 5.92 Å². The summed E-state index contributed by atoms with van der Waals surface area (Å²) in [5, 5.41) is 12.7. The lowest BCUT2D eigenvalue weighted by Crippen LogP contribution is -2.39. The minimum absolute atomic E-state index is 0.0901. The van der Waals surface area contributed by atoms with Crippen LogP contribution in [-0.2, 0) is 9.59 Å². The van der Waals surface area contributed by atoms with Gasteiger partial charge in [-0.2, -0.15) is 5.10 Å². The second-order valence-corrected chi connectivity index (χ2v) is 3.37. The van der Waals surface area contributed by atoms with Crippen molar-refractivity contribution in [1.29, 1.82) is 0 Å². The fourth-order valence-corrected chi connectivity index (χ4v) is 1.45. The molecule has 0 saturated heterocycles. The molecule has 2 N–H and O–H groups in total. The highest BCUT2D eigenvalue weighted by Crippen LogP contribution is 2.14. The van der Waals surface area contributed by atoms with Crippen LogP contribution in [0.2, 0.25) is 0 Å². The average molecular weight is 219 g/mol. The number of aliphatic carboxylic acids is 1. The highest BCUT2D eigenvalue weighted by Gasteiger charge is 2.31. The zero-order valence-corrected chi connectivity index (χ0v) is 8.25. The number of amides is 1. The molecule has 6 nitrogen and oxygen atoms in total. The molecule has 0 bridgehead atoms. The first-order chi connectivity index (χ1) is 7.68. The number of hydrazone groups is 1. The number of carbonyl (C=O) groups is 2. The maximum atomic E-state index is 11.2. The van der Waals surface area contributed by atoms with Gasteiger partial charge in [0, 0.05) is 24.4 Å². The summed E-state index contributed by atoms with van der Waals surface area (Å²) in [6, 6.07) is 3.49. The van der Waals surface area contributed by atoms with Gasteiger partial charge >= 0.3 is 5.97 Å². The molecule has 0 spiro atoms. The van der Waals surface area contributed by atoms with E-state index in [4.69, 9.17) is 5.11 Å². The monoisotopic (exact) mass is 219 g/mol. The highest BCUT2D eigenvalue weighted by atomic mass is 16.4. The molecule has 2 rings (SSSR count). The third kappa shape index (κ3) is 1.90. The molecule has 0 aromatic carbocycles. The Balaban J connectivity index is 2.26. The van der Waals surface area contributed by atoms with Crippen molar-refractivity contribution in [3.8, 4) is 0 Å². The van der Waals surface area contributed by atoms with Crippen LogP contribution in [0.3, 0.4) is 0 Å². The number of pyridine rings is 1. The molecule has 0 radical (unpaired) electrons. The molecule has 16 heavy (non-hydrogen) atoms. The molecule has 82 valence electrons. The standard InChI is InChI=1S/C10H9N3O3/c14-9-7(10(15)16)4-8(12-13-9)6-2-1-3-11-5-6/h1-3,5,7H,4H2,(H,13,14)(H,15,16). The number of rotatable bonds is 2. The molecular formula is C10H9N3O3. The molecule has 2 heterocycles. The van der Waals surface area contributed by atoms with Gasteiger partial charge in [0.15, 0.2) is 0 Å². The smallest absolute Gasteiger partial charge is 0.316 e. The predicted octanol–water partition coefficient (Wildman–Crippen LogP) is 0.00640. The molecule has 1 aliphatic rings. The summed E-state index contributed by atoms with van der Waals surface area (Å²) in [6.07, 6.45) is 3.28. The van der Waals surface area contributed by atoms with Gasteiger partial charge in [-0.25, -0.2) is 5.43 Å². The van der Waals surface area contributed by atoms with Gasteiger partial charge < -0.3 is 5.11 Å². The maximum absolute atomic E-state index is 11.2. The Hall–Kier alpha value is -2.24. The lowest BCUT2D eigenvalue weighted by atomic mass is 9.96. The molecule has 1 amide bonds. The van der Waals surface area contributed by atoms with Crippen LogP contribution in [0.25, 0.3) is 0 Å². The zero-order chi connectivity index (χ0) is 11.5. The van der Waals surface area contributed by atoms with Gasteiger partial charge in [-0.1, -0.05) is 6.07 Å². The average Bonchev–Trinajstić information content (AvgIpc) is 2.30. The summed E-state index contributed by atoms with van der Waals surface area (Å²) in [5.41, 5.74) is 3.45. The molecular weight excluding hydrogens is 210 g/mol. The van der Waals surface area contributed by atoms with Crippen LogP contribution in [-0.4, -0.2) is 27.7 Å². The Kier molecular flexibility index (Phi) is 2.63.